The maximum absolute atomic E-state index is 5.82. The average molecular weight is 419 g/mol. The Kier molecular flexibility index (Phi) is 21.9. The fraction of sp³-hybridized carbons (Fsp3) is 0.714. The Bertz CT molecular complexity index is 481. The Hall–Kier alpha value is -1.12. The van der Waals surface area contributed by atoms with Gasteiger partial charge in [0.1, 0.15) is 0 Å². The molecule has 1 fully saturated rings. The minimum Gasteiger partial charge on any atom is -0.327 e. The number of nitrogens with zero attached hydrogens (tertiary/aromatic N) is 1. The van der Waals surface area contributed by atoms with E-state index in [1.807, 2.05) is 39.0 Å². The van der Waals surface area contributed by atoms with E-state index in [-0.39, 0.29) is 0 Å². The second-order valence-electron chi connectivity index (χ2n) is 8.67. The molecule has 2 N–H and O–H groups in total. The van der Waals surface area contributed by atoms with E-state index in [0.717, 1.165) is 18.0 Å². The van der Waals surface area contributed by atoms with Crippen molar-refractivity contribution < 1.29 is 0 Å². The molecule has 0 aliphatic carbocycles. The first-order chi connectivity index (χ1) is 14.3. The van der Waals surface area contributed by atoms with E-state index in [2.05, 4.69) is 58.2 Å². The Morgan fingerprint density at radius 3 is 2.03 bits per heavy atom. The molecular weight excluding hydrogens is 364 g/mol. The summed E-state index contributed by atoms with van der Waals surface area (Å²) < 4.78 is 0. The summed E-state index contributed by atoms with van der Waals surface area (Å²) in [7, 11) is 0. The molecule has 0 aromatic heterocycles. The summed E-state index contributed by atoms with van der Waals surface area (Å²) in [5.74, 6) is 0.968. The van der Waals surface area contributed by atoms with Gasteiger partial charge in [0.25, 0.3) is 0 Å². The van der Waals surface area contributed by atoms with E-state index in [1.54, 1.807) is 0 Å². The van der Waals surface area contributed by atoms with Crippen molar-refractivity contribution in [3.8, 4) is 0 Å². The zero-order chi connectivity index (χ0) is 23.4. The van der Waals surface area contributed by atoms with Gasteiger partial charge in [-0.3, -0.25) is 4.90 Å². The smallest absolute Gasteiger partial charge is 0.0168 e. The van der Waals surface area contributed by atoms with Crippen molar-refractivity contribution in [3.63, 3.8) is 0 Å². The van der Waals surface area contributed by atoms with Crippen LogP contribution in [0.1, 0.15) is 106 Å². The van der Waals surface area contributed by atoms with E-state index in [0.29, 0.717) is 12.1 Å². The SMILES string of the molecule is C=C(C)c1ccccc1.CC.CC(C)N1CCCC(N)C1.CCCCC(C)CCC. The molecule has 1 aromatic rings. The van der Waals surface area contributed by atoms with Crippen LogP contribution < -0.4 is 5.73 Å². The van der Waals surface area contributed by atoms with Crippen LogP contribution >= 0.6 is 0 Å². The van der Waals surface area contributed by atoms with Gasteiger partial charge in [0, 0.05) is 18.6 Å². The lowest BCUT2D eigenvalue weighted by Crippen LogP contribution is -2.45. The Labute approximate surface area is 190 Å². The van der Waals surface area contributed by atoms with Crippen LogP contribution in [0.4, 0.5) is 0 Å². The predicted molar refractivity (Wildman–Crippen MR) is 140 cm³/mol. The molecule has 30 heavy (non-hydrogen) atoms. The van der Waals surface area contributed by atoms with E-state index < -0.39 is 0 Å². The summed E-state index contributed by atoms with van der Waals surface area (Å²) in [5.41, 5.74) is 8.16. The van der Waals surface area contributed by atoms with Crippen molar-refractivity contribution in [2.75, 3.05) is 13.1 Å². The van der Waals surface area contributed by atoms with Gasteiger partial charge in [0.2, 0.25) is 0 Å². The fourth-order valence-corrected chi connectivity index (χ4v) is 3.42. The number of allylic oxidation sites excluding steroid dienone is 1. The molecule has 2 atom stereocenters. The van der Waals surface area contributed by atoms with Crippen molar-refractivity contribution in [1.82, 2.24) is 4.90 Å². The quantitative estimate of drug-likeness (QED) is 0.483. The summed E-state index contributed by atoms with van der Waals surface area (Å²) in [6, 6.07) is 11.3. The van der Waals surface area contributed by atoms with E-state index in [9.17, 15) is 0 Å². The standard InChI is InChI=1S/C9H10.C9H20.C8H18N2.C2H6/c1-8(2)9-6-4-3-5-7-9;1-4-6-8-9(3)7-5-2;1-7(2)10-5-3-4-8(9)6-10;1-2/h3-7H,1H2,2H3;9H,4-8H2,1-3H3;7-8H,3-6,9H2,1-2H3;1-2H3. The third kappa shape index (κ3) is 17.7. The van der Waals surface area contributed by atoms with Gasteiger partial charge in [0.15, 0.2) is 0 Å². The Morgan fingerprint density at radius 2 is 1.67 bits per heavy atom. The molecule has 1 aliphatic rings. The number of rotatable bonds is 7. The van der Waals surface area contributed by atoms with Crippen LogP contribution in [0.15, 0.2) is 36.9 Å². The van der Waals surface area contributed by atoms with Gasteiger partial charge in [-0.25, -0.2) is 0 Å². The predicted octanol–water partition coefficient (Wildman–Crippen LogP) is 8.18. The minimum atomic E-state index is 0.427. The van der Waals surface area contributed by atoms with E-state index in [4.69, 9.17) is 5.73 Å². The molecular formula is C28H54N2. The summed E-state index contributed by atoms with van der Waals surface area (Å²) in [6.07, 6.45) is 9.47. The lowest BCUT2D eigenvalue weighted by atomic mass is 10.00. The first-order valence-electron chi connectivity index (χ1n) is 12.5. The average Bonchev–Trinajstić information content (AvgIpc) is 2.75. The molecule has 2 heteroatoms. The highest BCUT2D eigenvalue weighted by molar-refractivity contribution is 5.60. The monoisotopic (exact) mass is 418 g/mol. The molecule has 0 bridgehead atoms. The second kappa shape index (κ2) is 21.1. The maximum atomic E-state index is 5.82. The summed E-state index contributed by atoms with van der Waals surface area (Å²) in [4.78, 5) is 2.45. The Morgan fingerprint density at radius 1 is 1.07 bits per heavy atom. The van der Waals surface area contributed by atoms with Gasteiger partial charge in [0.05, 0.1) is 0 Å². The molecule has 176 valence electrons. The minimum absolute atomic E-state index is 0.427. The van der Waals surface area contributed by atoms with Gasteiger partial charge < -0.3 is 5.73 Å². The number of nitrogens with two attached hydrogens (primary N) is 1. The summed E-state index contributed by atoms with van der Waals surface area (Å²) in [6.45, 7) is 23.5. The topological polar surface area (TPSA) is 29.3 Å². The zero-order valence-electron chi connectivity index (χ0n) is 21.7. The summed E-state index contributed by atoms with van der Waals surface area (Å²) in [5, 5.41) is 0. The van der Waals surface area contributed by atoms with Crippen LogP contribution in [0.2, 0.25) is 0 Å². The zero-order valence-corrected chi connectivity index (χ0v) is 21.7. The molecule has 2 rings (SSSR count). The molecule has 1 aromatic carbocycles. The van der Waals surface area contributed by atoms with Crippen molar-refractivity contribution in [3.05, 3.63) is 42.5 Å². The van der Waals surface area contributed by atoms with Crippen molar-refractivity contribution in [2.45, 2.75) is 112 Å². The molecule has 2 nitrogen and oxygen atoms in total. The van der Waals surface area contributed by atoms with Crippen LogP contribution in [0.25, 0.3) is 5.57 Å². The van der Waals surface area contributed by atoms with Crippen LogP contribution in [0.3, 0.4) is 0 Å². The number of unbranched alkanes of at least 4 members (excludes halogenated alkanes) is 1. The largest absolute Gasteiger partial charge is 0.327 e. The highest BCUT2D eigenvalue weighted by Crippen LogP contribution is 2.13. The first kappa shape index (κ1) is 31.1. The Balaban J connectivity index is 0. The molecule has 1 saturated heterocycles. The third-order valence-electron chi connectivity index (χ3n) is 5.32. The van der Waals surface area contributed by atoms with Crippen molar-refractivity contribution in [2.24, 2.45) is 11.7 Å². The lowest BCUT2D eigenvalue weighted by molar-refractivity contribution is 0.169. The van der Waals surface area contributed by atoms with Crippen LogP contribution in [-0.2, 0) is 0 Å². The number of hydrogen-bond donors (Lipinski definition) is 1. The highest BCUT2D eigenvalue weighted by atomic mass is 15.2. The summed E-state index contributed by atoms with van der Waals surface area (Å²) >= 11 is 0. The number of likely N-dealkylation sites (tertiary alicyclic amines) is 1. The van der Waals surface area contributed by atoms with Crippen LogP contribution in [0, 0.1) is 5.92 Å². The van der Waals surface area contributed by atoms with E-state index in [1.165, 1.54) is 57.1 Å². The van der Waals surface area contributed by atoms with Gasteiger partial charge in [-0.05, 0) is 51.6 Å². The molecule has 0 spiro atoms. The molecule has 0 amide bonds. The maximum Gasteiger partial charge on any atom is 0.0168 e. The third-order valence-corrected chi connectivity index (χ3v) is 5.32. The first-order valence-corrected chi connectivity index (χ1v) is 12.5. The van der Waals surface area contributed by atoms with Gasteiger partial charge in [-0.15, -0.1) is 0 Å². The number of piperidine rings is 1. The molecule has 1 aliphatic heterocycles. The number of hydrogen-bond acceptors (Lipinski definition) is 2. The normalized spacial score (nSPS) is 16.8. The second-order valence-corrected chi connectivity index (χ2v) is 8.67. The molecule has 0 radical (unpaired) electrons. The molecule has 1 heterocycles. The lowest BCUT2D eigenvalue weighted by Gasteiger charge is -2.33. The van der Waals surface area contributed by atoms with Crippen LogP contribution in [0.5, 0.6) is 0 Å². The molecule has 0 saturated carbocycles. The van der Waals surface area contributed by atoms with Crippen molar-refractivity contribution in [1.29, 1.82) is 0 Å². The van der Waals surface area contributed by atoms with Crippen molar-refractivity contribution >= 4 is 5.57 Å². The number of benzene rings is 1. The highest BCUT2D eigenvalue weighted by Gasteiger charge is 2.17. The van der Waals surface area contributed by atoms with Crippen LogP contribution in [-0.4, -0.2) is 30.1 Å². The van der Waals surface area contributed by atoms with Gasteiger partial charge in [-0.2, -0.15) is 0 Å². The van der Waals surface area contributed by atoms with Gasteiger partial charge in [-0.1, -0.05) is 109 Å². The fourth-order valence-electron chi connectivity index (χ4n) is 3.42. The van der Waals surface area contributed by atoms with Gasteiger partial charge >= 0.3 is 0 Å². The molecule has 2 unspecified atom stereocenters. The van der Waals surface area contributed by atoms with E-state index >= 15 is 0 Å².